The number of rotatable bonds is 8. The van der Waals surface area contributed by atoms with E-state index in [-0.39, 0.29) is 46.3 Å². The van der Waals surface area contributed by atoms with Crippen LogP contribution in [0, 0.1) is 56.7 Å². The molecule has 7 rings (SSSR count). The van der Waals surface area contributed by atoms with Crippen LogP contribution in [-0.2, 0) is 27.4 Å². The third kappa shape index (κ3) is 5.72. The quantitative estimate of drug-likeness (QED) is 0.167. The summed E-state index contributed by atoms with van der Waals surface area (Å²) < 4.78 is 13.4. The number of fused-ring (bicyclic) bond motifs is 7. The summed E-state index contributed by atoms with van der Waals surface area (Å²) in [7, 11) is 0. The van der Waals surface area contributed by atoms with Gasteiger partial charge >= 0.3 is 11.9 Å². The fraction of sp³-hybridized carbons (Fsp3) is 0.721. The zero-order chi connectivity index (χ0) is 36.4. The van der Waals surface area contributed by atoms with Crippen molar-refractivity contribution in [3.8, 4) is 0 Å². The van der Waals surface area contributed by atoms with E-state index in [0.29, 0.717) is 54.5 Å². The normalized spacial score (nSPS) is 39.7. The first-order chi connectivity index (χ1) is 24.2. The van der Waals surface area contributed by atoms with Gasteiger partial charge in [-0.3, -0.25) is 9.48 Å². The lowest BCUT2D eigenvalue weighted by Crippen LogP contribution is -2.65. The smallest absolute Gasteiger partial charge is 0.338 e. The van der Waals surface area contributed by atoms with Crippen molar-refractivity contribution in [2.75, 3.05) is 6.61 Å². The first-order valence-corrected chi connectivity index (χ1v) is 19.8. The van der Waals surface area contributed by atoms with E-state index in [2.05, 4.69) is 64.9 Å². The Hall–Kier alpha value is -3.00. The molecule has 1 aromatic carbocycles. The van der Waals surface area contributed by atoms with Crippen LogP contribution in [-0.4, -0.2) is 44.7 Å². The lowest BCUT2D eigenvalue weighted by molar-refractivity contribution is -0.207. The second kappa shape index (κ2) is 13.1. The molecule has 0 radical (unpaired) electrons. The van der Waals surface area contributed by atoms with Gasteiger partial charge < -0.3 is 14.6 Å². The molecule has 4 fully saturated rings. The molecule has 4 saturated carbocycles. The molecule has 1 N–H and O–H groups in total. The molecule has 0 aliphatic heterocycles. The number of hydrogen-bond acceptors (Lipinski definition) is 7. The highest BCUT2D eigenvalue weighted by Gasteiger charge is 2.69. The molecule has 0 spiro atoms. The second-order valence-corrected chi connectivity index (χ2v) is 18.6. The number of benzene rings is 1. The lowest BCUT2D eigenvalue weighted by Gasteiger charge is -2.71. The van der Waals surface area contributed by atoms with Gasteiger partial charge in [-0.2, -0.15) is 0 Å². The fourth-order valence-corrected chi connectivity index (χ4v) is 12.7. The highest BCUT2D eigenvalue weighted by atomic mass is 16.5. The predicted octanol–water partition coefficient (Wildman–Crippen LogP) is 8.59. The van der Waals surface area contributed by atoms with Crippen molar-refractivity contribution >= 4 is 11.9 Å². The van der Waals surface area contributed by atoms with Crippen LogP contribution >= 0.6 is 0 Å². The molecule has 8 nitrogen and oxygen atoms in total. The number of aliphatic hydroxyl groups excluding tert-OH is 1. The van der Waals surface area contributed by atoms with Crippen LogP contribution in [0.2, 0.25) is 0 Å². The van der Waals surface area contributed by atoms with E-state index in [1.807, 2.05) is 6.07 Å². The van der Waals surface area contributed by atoms with Crippen LogP contribution < -0.4 is 0 Å². The van der Waals surface area contributed by atoms with Gasteiger partial charge in [0.05, 0.1) is 29.9 Å². The molecule has 0 saturated heterocycles. The summed E-state index contributed by atoms with van der Waals surface area (Å²) in [5.41, 5.74) is 2.52. The van der Waals surface area contributed by atoms with Gasteiger partial charge in [-0.25, -0.2) is 4.79 Å². The average molecular weight is 700 g/mol. The predicted molar refractivity (Wildman–Crippen MR) is 196 cm³/mol. The molecule has 0 bridgehead atoms. The number of aryl methyl sites for hydroxylation is 1. The molecule has 278 valence electrons. The summed E-state index contributed by atoms with van der Waals surface area (Å²) in [6, 6.07) is 8.91. The first kappa shape index (κ1) is 36.4. The molecular formula is C43H61N3O5. The number of nitrogens with zero attached hydrogens (tertiary/aromatic N) is 3. The van der Waals surface area contributed by atoms with Crippen molar-refractivity contribution in [3.63, 3.8) is 0 Å². The second-order valence-electron chi connectivity index (χ2n) is 18.6. The van der Waals surface area contributed by atoms with Gasteiger partial charge in [0.2, 0.25) is 0 Å². The Morgan fingerprint density at radius 2 is 1.69 bits per heavy atom. The minimum absolute atomic E-state index is 0.00716. The molecule has 1 unspecified atom stereocenters. The highest BCUT2D eigenvalue weighted by Crippen LogP contribution is 2.75. The average Bonchev–Trinajstić information content (AvgIpc) is 3.57. The van der Waals surface area contributed by atoms with Crippen LogP contribution in [0.15, 0.2) is 48.2 Å². The van der Waals surface area contributed by atoms with Gasteiger partial charge in [0.15, 0.2) is 0 Å². The molecule has 51 heavy (non-hydrogen) atoms. The van der Waals surface area contributed by atoms with Crippen LogP contribution in [0.5, 0.6) is 0 Å². The minimum atomic E-state index is -0.471. The highest BCUT2D eigenvalue weighted by molar-refractivity contribution is 5.89. The van der Waals surface area contributed by atoms with E-state index >= 15 is 0 Å². The van der Waals surface area contributed by atoms with Crippen molar-refractivity contribution < 1.29 is 24.2 Å². The van der Waals surface area contributed by atoms with Crippen LogP contribution in [0.1, 0.15) is 129 Å². The molecular weight excluding hydrogens is 638 g/mol. The number of ether oxygens (including phenoxy) is 2. The SMILES string of the molecule is C[C@H]1[C@H](C)CC[C@]2(C(=O)OCCCn3cc(COC(=O)c4ccccc4)nn3)CC[C@]3(C)C(=CC[C@@H]4[C@@]5(C)CC[C@H](O)C(C)(C)C5CC[C@]43C)[C@H]12. The molecule has 8 heteroatoms. The maximum Gasteiger partial charge on any atom is 0.338 e. The minimum Gasteiger partial charge on any atom is -0.465 e. The van der Waals surface area contributed by atoms with Crippen molar-refractivity contribution in [1.29, 1.82) is 0 Å². The zero-order valence-corrected chi connectivity index (χ0v) is 32.1. The van der Waals surface area contributed by atoms with Crippen LogP contribution in [0.4, 0.5) is 0 Å². The van der Waals surface area contributed by atoms with E-state index in [0.717, 1.165) is 44.9 Å². The third-order valence-corrected chi connectivity index (χ3v) is 16.1. The summed E-state index contributed by atoms with van der Waals surface area (Å²) in [5.74, 6) is 1.89. The summed E-state index contributed by atoms with van der Waals surface area (Å²) >= 11 is 0. The van der Waals surface area contributed by atoms with Gasteiger partial charge in [0, 0.05) is 13.0 Å². The van der Waals surface area contributed by atoms with Crippen molar-refractivity contribution in [2.24, 2.45) is 56.7 Å². The number of aromatic nitrogens is 3. The van der Waals surface area contributed by atoms with Gasteiger partial charge in [0.25, 0.3) is 0 Å². The van der Waals surface area contributed by atoms with Gasteiger partial charge in [-0.05, 0) is 121 Å². The van der Waals surface area contributed by atoms with E-state index in [1.54, 1.807) is 40.7 Å². The number of esters is 2. The molecule has 5 aliphatic rings. The number of carbonyl (C=O) groups is 2. The maximum atomic E-state index is 14.4. The van der Waals surface area contributed by atoms with E-state index in [4.69, 9.17) is 9.47 Å². The number of aliphatic hydroxyl groups is 1. The monoisotopic (exact) mass is 699 g/mol. The maximum absolute atomic E-state index is 14.4. The Balaban J connectivity index is 1.03. The Morgan fingerprint density at radius 1 is 0.922 bits per heavy atom. The Kier molecular flexibility index (Phi) is 9.37. The Labute approximate surface area is 305 Å². The Morgan fingerprint density at radius 3 is 2.45 bits per heavy atom. The van der Waals surface area contributed by atoms with Crippen LogP contribution in [0.3, 0.4) is 0 Å². The Bertz CT molecular complexity index is 1650. The van der Waals surface area contributed by atoms with Gasteiger partial charge in [0.1, 0.15) is 12.3 Å². The number of hydrogen-bond donors (Lipinski definition) is 1. The summed E-state index contributed by atoms with van der Waals surface area (Å²) in [6.07, 6.45) is 14.1. The van der Waals surface area contributed by atoms with E-state index in [9.17, 15) is 14.7 Å². The van der Waals surface area contributed by atoms with Crippen molar-refractivity contribution in [1.82, 2.24) is 15.0 Å². The molecule has 1 heterocycles. The van der Waals surface area contributed by atoms with Gasteiger partial charge in [-0.15, -0.1) is 5.10 Å². The molecule has 0 amide bonds. The summed E-state index contributed by atoms with van der Waals surface area (Å²) in [4.78, 5) is 26.7. The summed E-state index contributed by atoms with van der Waals surface area (Å²) in [5, 5.41) is 19.4. The molecule has 1 aromatic heterocycles. The fourth-order valence-electron chi connectivity index (χ4n) is 12.7. The van der Waals surface area contributed by atoms with E-state index < -0.39 is 11.4 Å². The first-order valence-electron chi connectivity index (χ1n) is 19.8. The molecule has 10 atom stereocenters. The largest absolute Gasteiger partial charge is 0.465 e. The lowest BCUT2D eigenvalue weighted by atomic mass is 9.33. The van der Waals surface area contributed by atoms with Crippen LogP contribution in [0.25, 0.3) is 0 Å². The number of carbonyl (C=O) groups excluding carboxylic acids is 2. The van der Waals surface area contributed by atoms with Gasteiger partial charge in [-0.1, -0.05) is 83.5 Å². The third-order valence-electron chi connectivity index (χ3n) is 16.1. The van der Waals surface area contributed by atoms with Crippen molar-refractivity contribution in [2.45, 2.75) is 132 Å². The standard InChI is InChI=1S/C43H61N3O5/c1-28-16-21-43(38(49)50-25-11-24-46-26-31(44-45-46)27-51-37(48)30-12-9-8-10-13-30)23-22-41(6)32(36(43)29(28)2)14-15-34-40(5)19-18-35(47)39(3,4)33(40)17-20-42(34,41)7/h8-10,12-14,26,28-29,33-36,47H,11,15-25,27H2,1-7H3/t28-,29+,33?,34-,35+,36+,40+,41-,42-,43+/m1/s1. The van der Waals surface area contributed by atoms with E-state index in [1.165, 1.54) is 12.8 Å². The number of allylic oxidation sites excluding steroid dienone is 2. The molecule has 5 aliphatic carbocycles. The molecule has 2 aromatic rings. The van der Waals surface area contributed by atoms with Crippen molar-refractivity contribution in [3.05, 3.63) is 59.4 Å². The zero-order valence-electron chi connectivity index (χ0n) is 32.1. The summed E-state index contributed by atoms with van der Waals surface area (Å²) in [6.45, 7) is 18.1. The topological polar surface area (TPSA) is 104 Å².